The molecule has 0 heterocycles. The number of carboxylic acids is 1. The highest BCUT2D eigenvalue weighted by atomic mass is 16.4. The number of carbonyl (C=O) groups excluding carboxylic acids is 1. The standard InChI is InChI=1S/C12H21NO3/c1-8-4-9(6-12(2,3)5-8)11(16)13-7-10(14)15/h8-9H,4-7H2,1-3H3,(H,13,16)(H,14,15). The van der Waals surface area contributed by atoms with Crippen LogP contribution in [0.4, 0.5) is 0 Å². The van der Waals surface area contributed by atoms with Crippen molar-refractivity contribution >= 4 is 11.9 Å². The maximum absolute atomic E-state index is 11.8. The molecular weight excluding hydrogens is 206 g/mol. The first-order chi connectivity index (χ1) is 7.30. The van der Waals surface area contributed by atoms with Crippen LogP contribution in [0.2, 0.25) is 0 Å². The molecule has 1 saturated carbocycles. The van der Waals surface area contributed by atoms with Gasteiger partial charge >= 0.3 is 5.97 Å². The normalized spacial score (nSPS) is 28.4. The van der Waals surface area contributed by atoms with Crippen LogP contribution in [-0.4, -0.2) is 23.5 Å². The first-order valence-corrected chi connectivity index (χ1v) is 5.80. The highest BCUT2D eigenvalue weighted by Crippen LogP contribution is 2.41. The molecule has 4 heteroatoms. The second-order valence-corrected chi connectivity index (χ2v) is 5.72. The third kappa shape index (κ3) is 3.83. The van der Waals surface area contributed by atoms with E-state index < -0.39 is 5.97 Å². The van der Waals surface area contributed by atoms with E-state index in [1.54, 1.807) is 0 Å². The number of aliphatic carboxylic acids is 1. The molecule has 1 aliphatic carbocycles. The summed E-state index contributed by atoms with van der Waals surface area (Å²) < 4.78 is 0. The first kappa shape index (κ1) is 13.0. The summed E-state index contributed by atoms with van der Waals surface area (Å²) in [6, 6.07) is 0. The summed E-state index contributed by atoms with van der Waals surface area (Å²) in [6.07, 6.45) is 2.85. The van der Waals surface area contributed by atoms with Gasteiger partial charge in [-0.05, 0) is 30.6 Å². The van der Waals surface area contributed by atoms with Crippen molar-refractivity contribution in [1.82, 2.24) is 5.32 Å². The average Bonchev–Trinajstić information content (AvgIpc) is 2.10. The number of carbonyl (C=O) groups is 2. The van der Waals surface area contributed by atoms with Gasteiger partial charge in [0, 0.05) is 5.92 Å². The molecule has 1 amide bonds. The largest absolute Gasteiger partial charge is 0.480 e. The van der Waals surface area contributed by atoms with Crippen molar-refractivity contribution in [2.24, 2.45) is 17.3 Å². The highest BCUT2D eigenvalue weighted by Gasteiger charge is 2.35. The zero-order valence-corrected chi connectivity index (χ0v) is 10.2. The van der Waals surface area contributed by atoms with Crippen LogP contribution >= 0.6 is 0 Å². The van der Waals surface area contributed by atoms with Gasteiger partial charge in [0.25, 0.3) is 0 Å². The van der Waals surface area contributed by atoms with E-state index in [1.807, 2.05) is 0 Å². The number of hydrogen-bond donors (Lipinski definition) is 2. The fourth-order valence-electron chi connectivity index (χ4n) is 2.85. The van der Waals surface area contributed by atoms with Crippen molar-refractivity contribution in [2.45, 2.75) is 40.0 Å². The topological polar surface area (TPSA) is 66.4 Å². The van der Waals surface area contributed by atoms with Crippen LogP contribution in [0.3, 0.4) is 0 Å². The van der Waals surface area contributed by atoms with Crippen LogP contribution in [0.1, 0.15) is 40.0 Å². The molecule has 1 aliphatic rings. The molecule has 1 rings (SSSR count). The number of hydrogen-bond acceptors (Lipinski definition) is 2. The van der Waals surface area contributed by atoms with E-state index in [9.17, 15) is 9.59 Å². The molecule has 0 aromatic carbocycles. The summed E-state index contributed by atoms with van der Waals surface area (Å²) >= 11 is 0. The molecule has 4 nitrogen and oxygen atoms in total. The molecule has 92 valence electrons. The predicted molar refractivity (Wildman–Crippen MR) is 60.9 cm³/mol. The quantitative estimate of drug-likeness (QED) is 0.770. The van der Waals surface area contributed by atoms with Gasteiger partial charge in [-0.25, -0.2) is 0 Å². The molecule has 0 saturated heterocycles. The Kier molecular flexibility index (Phi) is 3.94. The Morgan fingerprint density at radius 2 is 2.00 bits per heavy atom. The Hall–Kier alpha value is -1.06. The molecule has 16 heavy (non-hydrogen) atoms. The number of nitrogens with one attached hydrogen (secondary N) is 1. The summed E-state index contributed by atoms with van der Waals surface area (Å²) in [5, 5.41) is 11.0. The Balaban J connectivity index is 2.52. The number of amides is 1. The van der Waals surface area contributed by atoms with Crippen molar-refractivity contribution in [3.05, 3.63) is 0 Å². The van der Waals surface area contributed by atoms with E-state index in [-0.39, 0.29) is 23.8 Å². The van der Waals surface area contributed by atoms with Crippen LogP contribution in [0.5, 0.6) is 0 Å². The van der Waals surface area contributed by atoms with Crippen molar-refractivity contribution in [3.63, 3.8) is 0 Å². The molecule has 2 unspecified atom stereocenters. The number of rotatable bonds is 3. The smallest absolute Gasteiger partial charge is 0.322 e. The maximum atomic E-state index is 11.8. The van der Waals surface area contributed by atoms with Crippen LogP contribution < -0.4 is 5.32 Å². The minimum absolute atomic E-state index is 0.0295. The molecule has 2 atom stereocenters. The van der Waals surface area contributed by atoms with Gasteiger partial charge in [0.15, 0.2) is 0 Å². The fraction of sp³-hybridized carbons (Fsp3) is 0.833. The molecule has 0 aromatic heterocycles. The highest BCUT2D eigenvalue weighted by molar-refractivity contribution is 5.83. The van der Waals surface area contributed by atoms with Gasteiger partial charge in [0.2, 0.25) is 5.91 Å². The molecule has 0 radical (unpaired) electrons. The third-order valence-corrected chi connectivity index (χ3v) is 3.17. The lowest BCUT2D eigenvalue weighted by molar-refractivity contribution is -0.139. The van der Waals surface area contributed by atoms with E-state index in [0.717, 1.165) is 19.3 Å². The maximum Gasteiger partial charge on any atom is 0.322 e. The summed E-state index contributed by atoms with van der Waals surface area (Å²) in [5.74, 6) is -0.596. The van der Waals surface area contributed by atoms with E-state index >= 15 is 0 Å². The van der Waals surface area contributed by atoms with Crippen LogP contribution in [0, 0.1) is 17.3 Å². The molecule has 0 aliphatic heterocycles. The Morgan fingerprint density at radius 1 is 1.38 bits per heavy atom. The third-order valence-electron chi connectivity index (χ3n) is 3.17. The Morgan fingerprint density at radius 3 is 2.50 bits per heavy atom. The van der Waals surface area contributed by atoms with E-state index in [1.165, 1.54) is 0 Å². The summed E-state index contributed by atoms with van der Waals surface area (Å²) in [4.78, 5) is 22.1. The van der Waals surface area contributed by atoms with Gasteiger partial charge in [0.1, 0.15) is 6.54 Å². The SMILES string of the molecule is CC1CC(C(=O)NCC(=O)O)CC(C)(C)C1. The minimum Gasteiger partial charge on any atom is -0.480 e. The molecule has 0 bridgehead atoms. The zero-order chi connectivity index (χ0) is 12.3. The Bertz CT molecular complexity index is 286. The lowest BCUT2D eigenvalue weighted by Gasteiger charge is -2.38. The summed E-state index contributed by atoms with van der Waals surface area (Å²) in [7, 11) is 0. The monoisotopic (exact) mass is 227 g/mol. The molecule has 1 fully saturated rings. The molecule has 0 spiro atoms. The number of carboxylic acid groups (broad SMARTS) is 1. The molecule has 0 aromatic rings. The Labute approximate surface area is 96.4 Å². The van der Waals surface area contributed by atoms with Crippen molar-refractivity contribution in [1.29, 1.82) is 0 Å². The van der Waals surface area contributed by atoms with Crippen molar-refractivity contribution < 1.29 is 14.7 Å². The second-order valence-electron chi connectivity index (χ2n) is 5.72. The van der Waals surface area contributed by atoms with E-state index in [4.69, 9.17) is 5.11 Å². The summed E-state index contributed by atoms with van der Waals surface area (Å²) in [5.41, 5.74) is 0.183. The van der Waals surface area contributed by atoms with Gasteiger partial charge in [-0.2, -0.15) is 0 Å². The predicted octanol–water partition coefficient (Wildman–Crippen LogP) is 1.65. The van der Waals surface area contributed by atoms with Crippen LogP contribution in [0.15, 0.2) is 0 Å². The lowest BCUT2D eigenvalue weighted by atomic mass is 9.68. The van der Waals surface area contributed by atoms with E-state index in [0.29, 0.717) is 5.92 Å². The summed E-state index contributed by atoms with van der Waals surface area (Å²) in [6.45, 7) is 6.21. The van der Waals surface area contributed by atoms with Gasteiger partial charge in [-0.15, -0.1) is 0 Å². The first-order valence-electron chi connectivity index (χ1n) is 5.80. The second kappa shape index (κ2) is 4.85. The van der Waals surface area contributed by atoms with Crippen molar-refractivity contribution in [2.75, 3.05) is 6.54 Å². The van der Waals surface area contributed by atoms with E-state index in [2.05, 4.69) is 26.1 Å². The zero-order valence-electron chi connectivity index (χ0n) is 10.2. The van der Waals surface area contributed by atoms with Crippen LogP contribution in [-0.2, 0) is 9.59 Å². The van der Waals surface area contributed by atoms with Gasteiger partial charge in [-0.3, -0.25) is 9.59 Å². The average molecular weight is 227 g/mol. The van der Waals surface area contributed by atoms with Gasteiger partial charge in [0.05, 0.1) is 0 Å². The molecular formula is C12H21NO3. The lowest BCUT2D eigenvalue weighted by Crippen LogP contribution is -2.40. The van der Waals surface area contributed by atoms with Crippen molar-refractivity contribution in [3.8, 4) is 0 Å². The van der Waals surface area contributed by atoms with Gasteiger partial charge < -0.3 is 10.4 Å². The minimum atomic E-state index is -0.989. The van der Waals surface area contributed by atoms with Gasteiger partial charge in [-0.1, -0.05) is 20.8 Å². The fourth-order valence-corrected chi connectivity index (χ4v) is 2.85. The van der Waals surface area contributed by atoms with Crippen LogP contribution in [0.25, 0.3) is 0 Å². The molecule has 2 N–H and O–H groups in total.